The van der Waals surface area contributed by atoms with Crippen LogP contribution < -0.4 is 10.6 Å². The van der Waals surface area contributed by atoms with Crippen LogP contribution in [0.25, 0.3) is 0 Å². The van der Waals surface area contributed by atoms with Gasteiger partial charge in [-0.15, -0.1) is 6.42 Å². The highest BCUT2D eigenvalue weighted by Gasteiger charge is 2.27. The van der Waals surface area contributed by atoms with Gasteiger partial charge in [0.25, 0.3) is 0 Å². The van der Waals surface area contributed by atoms with E-state index in [1.165, 1.54) is 0 Å². The molecule has 3 heteroatoms. The van der Waals surface area contributed by atoms with E-state index in [-0.39, 0.29) is 18.0 Å². The Balaban J connectivity index is 1.94. The van der Waals surface area contributed by atoms with Crippen molar-refractivity contribution in [3.8, 4) is 12.3 Å². The zero-order chi connectivity index (χ0) is 13.8. The van der Waals surface area contributed by atoms with Gasteiger partial charge in [-0.1, -0.05) is 25.0 Å². The van der Waals surface area contributed by atoms with E-state index in [1.807, 2.05) is 31.2 Å². The van der Waals surface area contributed by atoms with Gasteiger partial charge in [0, 0.05) is 5.56 Å². The summed E-state index contributed by atoms with van der Waals surface area (Å²) in [6.45, 7) is 5.06. The van der Waals surface area contributed by atoms with Crippen LogP contribution in [0, 0.1) is 18.3 Å². The first-order valence-electron chi connectivity index (χ1n) is 6.70. The molecule has 2 N–H and O–H groups in total. The van der Waals surface area contributed by atoms with Crippen LogP contribution in [0.3, 0.4) is 0 Å². The molecule has 3 atom stereocenters. The molecule has 0 spiro atoms. The fraction of sp³-hybridized carbons (Fsp3) is 0.438. The summed E-state index contributed by atoms with van der Waals surface area (Å²) >= 11 is 0. The third-order valence-corrected chi connectivity index (χ3v) is 3.60. The summed E-state index contributed by atoms with van der Waals surface area (Å²) in [4.78, 5) is 12.1. The largest absolute Gasteiger partial charge is 0.348 e. The monoisotopic (exact) mass is 256 g/mol. The normalized spacial score (nSPS) is 23.6. The Labute approximate surface area is 114 Å². The number of hydrogen-bond donors (Lipinski definition) is 2. The van der Waals surface area contributed by atoms with Crippen LogP contribution >= 0.6 is 0 Å². The maximum atomic E-state index is 12.1. The first kappa shape index (κ1) is 13.6. The highest BCUT2D eigenvalue weighted by molar-refractivity contribution is 5.82. The molecule has 1 saturated heterocycles. The van der Waals surface area contributed by atoms with Crippen LogP contribution in [0.15, 0.2) is 24.3 Å². The SMILES string of the molecule is C#Cc1ccc([C@H](C)NC(=O)[C@@H]2C[C@@H](C)CN2)cc1. The number of nitrogens with one attached hydrogen (secondary N) is 2. The Bertz CT molecular complexity index is 486. The molecule has 1 amide bonds. The summed E-state index contributed by atoms with van der Waals surface area (Å²) < 4.78 is 0. The van der Waals surface area contributed by atoms with Crippen LogP contribution in [-0.2, 0) is 4.79 Å². The van der Waals surface area contributed by atoms with Crippen LogP contribution in [0.5, 0.6) is 0 Å². The molecule has 100 valence electrons. The third-order valence-electron chi connectivity index (χ3n) is 3.60. The van der Waals surface area contributed by atoms with Crippen molar-refractivity contribution in [3.63, 3.8) is 0 Å². The van der Waals surface area contributed by atoms with Gasteiger partial charge in [-0.2, -0.15) is 0 Å². The summed E-state index contributed by atoms with van der Waals surface area (Å²) in [6, 6.07) is 7.66. The predicted molar refractivity (Wildman–Crippen MR) is 76.5 cm³/mol. The number of rotatable bonds is 3. The van der Waals surface area contributed by atoms with Crippen molar-refractivity contribution in [3.05, 3.63) is 35.4 Å². The minimum atomic E-state index is -0.0533. The fourth-order valence-corrected chi connectivity index (χ4v) is 2.38. The second-order valence-corrected chi connectivity index (χ2v) is 5.30. The Morgan fingerprint density at radius 1 is 1.47 bits per heavy atom. The van der Waals surface area contributed by atoms with Crippen molar-refractivity contribution in [2.75, 3.05) is 6.54 Å². The summed E-state index contributed by atoms with van der Waals surface area (Å²) in [6.07, 6.45) is 6.24. The lowest BCUT2D eigenvalue weighted by atomic mass is 10.0. The first-order valence-corrected chi connectivity index (χ1v) is 6.70. The van der Waals surface area contributed by atoms with Crippen molar-refractivity contribution in [1.82, 2.24) is 10.6 Å². The minimum Gasteiger partial charge on any atom is -0.348 e. The van der Waals surface area contributed by atoms with Crippen molar-refractivity contribution >= 4 is 5.91 Å². The molecular weight excluding hydrogens is 236 g/mol. The number of carbonyl (C=O) groups excluding carboxylic acids is 1. The Morgan fingerprint density at radius 3 is 2.68 bits per heavy atom. The van der Waals surface area contributed by atoms with E-state index in [4.69, 9.17) is 6.42 Å². The number of carbonyl (C=O) groups is 1. The Hall–Kier alpha value is -1.79. The molecule has 1 aromatic rings. The maximum absolute atomic E-state index is 12.1. The van der Waals surface area contributed by atoms with Gasteiger partial charge in [0.2, 0.25) is 5.91 Å². The summed E-state index contributed by atoms with van der Waals surface area (Å²) in [5, 5.41) is 6.29. The molecule has 1 fully saturated rings. The van der Waals surface area contributed by atoms with Crippen molar-refractivity contribution in [2.45, 2.75) is 32.4 Å². The third kappa shape index (κ3) is 3.36. The number of hydrogen-bond acceptors (Lipinski definition) is 2. The summed E-state index contributed by atoms with van der Waals surface area (Å²) in [5.74, 6) is 3.24. The maximum Gasteiger partial charge on any atom is 0.237 e. The minimum absolute atomic E-state index is 0.00275. The van der Waals surface area contributed by atoms with Crippen molar-refractivity contribution in [2.24, 2.45) is 5.92 Å². The molecule has 1 aromatic carbocycles. The quantitative estimate of drug-likeness (QED) is 0.810. The highest BCUT2D eigenvalue weighted by atomic mass is 16.2. The van der Waals surface area contributed by atoms with E-state index < -0.39 is 0 Å². The van der Waals surface area contributed by atoms with Gasteiger partial charge in [0.15, 0.2) is 0 Å². The second kappa shape index (κ2) is 5.90. The molecule has 3 nitrogen and oxygen atoms in total. The summed E-state index contributed by atoms with van der Waals surface area (Å²) in [7, 11) is 0. The number of amides is 1. The van der Waals surface area contributed by atoms with E-state index in [0.717, 1.165) is 24.1 Å². The molecule has 1 heterocycles. The van der Waals surface area contributed by atoms with Gasteiger partial charge in [-0.3, -0.25) is 4.79 Å². The van der Waals surface area contributed by atoms with E-state index in [0.29, 0.717) is 5.92 Å². The van der Waals surface area contributed by atoms with Crippen molar-refractivity contribution < 1.29 is 4.79 Å². The molecule has 1 aliphatic rings. The molecule has 0 radical (unpaired) electrons. The summed E-state index contributed by atoms with van der Waals surface area (Å²) in [5.41, 5.74) is 1.92. The van der Waals surface area contributed by atoms with E-state index in [9.17, 15) is 4.79 Å². The molecule has 2 rings (SSSR count). The van der Waals surface area contributed by atoms with E-state index in [1.54, 1.807) is 0 Å². The molecule has 0 aliphatic carbocycles. The van der Waals surface area contributed by atoms with E-state index in [2.05, 4.69) is 23.5 Å². The van der Waals surface area contributed by atoms with Gasteiger partial charge in [0.1, 0.15) is 0 Å². The smallest absolute Gasteiger partial charge is 0.237 e. The standard InChI is InChI=1S/C16H20N2O/c1-4-13-5-7-14(8-6-13)12(3)18-16(19)15-9-11(2)10-17-15/h1,5-8,11-12,15,17H,9-10H2,2-3H3,(H,18,19)/t11-,12+,15+/m1/s1. The Kier molecular flexibility index (Phi) is 4.24. The lowest BCUT2D eigenvalue weighted by Gasteiger charge is -2.17. The van der Waals surface area contributed by atoms with Gasteiger partial charge in [-0.05, 0) is 43.5 Å². The molecule has 0 unspecified atom stereocenters. The van der Waals surface area contributed by atoms with Crippen LogP contribution in [0.2, 0.25) is 0 Å². The van der Waals surface area contributed by atoms with E-state index >= 15 is 0 Å². The average molecular weight is 256 g/mol. The topological polar surface area (TPSA) is 41.1 Å². The fourth-order valence-electron chi connectivity index (χ4n) is 2.38. The average Bonchev–Trinajstić information content (AvgIpc) is 2.85. The number of benzene rings is 1. The van der Waals surface area contributed by atoms with Crippen LogP contribution in [0.4, 0.5) is 0 Å². The van der Waals surface area contributed by atoms with Crippen molar-refractivity contribution in [1.29, 1.82) is 0 Å². The number of terminal acetylenes is 1. The van der Waals surface area contributed by atoms with Gasteiger partial charge >= 0.3 is 0 Å². The molecule has 0 aromatic heterocycles. The molecular formula is C16H20N2O. The van der Waals surface area contributed by atoms with Gasteiger partial charge in [0.05, 0.1) is 12.1 Å². The lowest BCUT2D eigenvalue weighted by Crippen LogP contribution is -2.41. The lowest BCUT2D eigenvalue weighted by molar-refractivity contribution is -0.123. The first-order chi connectivity index (χ1) is 9.10. The van der Waals surface area contributed by atoms with Crippen LogP contribution in [0.1, 0.15) is 37.4 Å². The Morgan fingerprint density at radius 2 is 2.16 bits per heavy atom. The molecule has 0 saturated carbocycles. The zero-order valence-electron chi connectivity index (χ0n) is 11.4. The molecule has 19 heavy (non-hydrogen) atoms. The highest BCUT2D eigenvalue weighted by Crippen LogP contribution is 2.16. The zero-order valence-corrected chi connectivity index (χ0v) is 11.4. The molecule has 0 bridgehead atoms. The van der Waals surface area contributed by atoms with Gasteiger partial charge in [-0.25, -0.2) is 0 Å². The van der Waals surface area contributed by atoms with Crippen LogP contribution in [-0.4, -0.2) is 18.5 Å². The predicted octanol–water partition coefficient (Wildman–Crippen LogP) is 1.84. The van der Waals surface area contributed by atoms with Gasteiger partial charge < -0.3 is 10.6 Å². The molecule has 1 aliphatic heterocycles. The second-order valence-electron chi connectivity index (χ2n) is 5.30.